The standard InChI is InChI=1S/C18H14BrF3N2O3/c1-27-14-4-2-3-12(9-14)15-10-17(26,18(20,21)22)24(23-15)16(25)11-5-7-13(19)8-6-11/h2-9,26H,10H2,1H3/t17-/m0/s1. The molecule has 1 atom stereocenters. The highest BCUT2D eigenvalue weighted by molar-refractivity contribution is 9.10. The summed E-state index contributed by atoms with van der Waals surface area (Å²) in [7, 11) is 1.42. The Balaban J connectivity index is 2.04. The first-order valence-corrected chi connectivity index (χ1v) is 8.56. The van der Waals surface area contributed by atoms with Crippen molar-refractivity contribution in [2.24, 2.45) is 5.10 Å². The minimum absolute atomic E-state index is 0.0310. The van der Waals surface area contributed by atoms with Crippen molar-refractivity contribution in [3.63, 3.8) is 0 Å². The van der Waals surface area contributed by atoms with E-state index in [9.17, 15) is 23.1 Å². The molecule has 0 bridgehead atoms. The smallest absolute Gasteiger partial charge is 0.438 e. The van der Waals surface area contributed by atoms with Gasteiger partial charge in [-0.25, -0.2) is 0 Å². The molecule has 0 fully saturated rings. The molecule has 0 aromatic heterocycles. The SMILES string of the molecule is COc1cccc(C2=NN(C(=O)c3ccc(Br)cc3)[C@@](O)(C(F)(F)F)C2)c1. The number of carbonyl (C=O) groups is 1. The molecule has 2 aromatic carbocycles. The van der Waals surface area contributed by atoms with E-state index in [0.29, 0.717) is 15.8 Å². The second-order valence-electron chi connectivity index (χ2n) is 5.89. The van der Waals surface area contributed by atoms with E-state index < -0.39 is 24.2 Å². The molecule has 27 heavy (non-hydrogen) atoms. The van der Waals surface area contributed by atoms with Crippen LogP contribution in [0.1, 0.15) is 22.3 Å². The van der Waals surface area contributed by atoms with Crippen LogP contribution in [0, 0.1) is 0 Å². The van der Waals surface area contributed by atoms with E-state index in [-0.39, 0.29) is 16.3 Å². The lowest BCUT2D eigenvalue weighted by Gasteiger charge is -2.32. The zero-order valence-corrected chi connectivity index (χ0v) is 15.6. The zero-order valence-electron chi connectivity index (χ0n) is 14.0. The van der Waals surface area contributed by atoms with Gasteiger partial charge in [0.15, 0.2) is 0 Å². The van der Waals surface area contributed by atoms with Gasteiger partial charge in [0.25, 0.3) is 11.6 Å². The highest BCUT2D eigenvalue weighted by Gasteiger charge is 2.63. The topological polar surface area (TPSA) is 62.1 Å². The highest BCUT2D eigenvalue weighted by atomic mass is 79.9. The maximum atomic E-state index is 13.6. The predicted molar refractivity (Wildman–Crippen MR) is 95.5 cm³/mol. The molecule has 3 rings (SSSR count). The molecule has 5 nitrogen and oxygen atoms in total. The molecule has 0 saturated heterocycles. The molecule has 0 unspecified atom stereocenters. The van der Waals surface area contributed by atoms with Crippen molar-refractivity contribution < 1.29 is 27.8 Å². The average Bonchev–Trinajstić information content (AvgIpc) is 3.01. The second kappa shape index (κ2) is 6.97. The summed E-state index contributed by atoms with van der Waals surface area (Å²) in [6.45, 7) is 0. The van der Waals surface area contributed by atoms with Gasteiger partial charge in [0.05, 0.1) is 19.2 Å². The summed E-state index contributed by atoms with van der Waals surface area (Å²) >= 11 is 3.19. The Morgan fingerprint density at radius 3 is 2.52 bits per heavy atom. The minimum atomic E-state index is -5.10. The Morgan fingerprint density at radius 1 is 1.26 bits per heavy atom. The molecule has 0 aliphatic carbocycles. The lowest BCUT2D eigenvalue weighted by Crippen LogP contribution is -2.56. The van der Waals surface area contributed by atoms with Gasteiger partial charge in [0.1, 0.15) is 5.75 Å². The van der Waals surface area contributed by atoms with Crippen molar-refractivity contribution in [1.29, 1.82) is 0 Å². The van der Waals surface area contributed by atoms with Gasteiger partial charge in [-0.2, -0.15) is 23.3 Å². The molecule has 142 valence electrons. The summed E-state index contributed by atoms with van der Waals surface area (Å²) in [4.78, 5) is 12.6. The molecule has 0 spiro atoms. The molecule has 9 heteroatoms. The molecular formula is C18H14BrF3N2O3. The Kier molecular flexibility index (Phi) is 5.00. The molecule has 1 N–H and O–H groups in total. The number of nitrogens with zero attached hydrogens (tertiary/aromatic N) is 2. The Morgan fingerprint density at radius 2 is 1.93 bits per heavy atom. The number of halogens is 4. The van der Waals surface area contributed by atoms with Crippen molar-refractivity contribution in [1.82, 2.24) is 5.01 Å². The van der Waals surface area contributed by atoms with Gasteiger partial charge in [0, 0.05) is 15.6 Å². The van der Waals surface area contributed by atoms with Crippen LogP contribution < -0.4 is 4.74 Å². The molecule has 2 aromatic rings. The van der Waals surface area contributed by atoms with Crippen molar-refractivity contribution in [3.8, 4) is 5.75 Å². The van der Waals surface area contributed by atoms with Gasteiger partial charge >= 0.3 is 6.18 Å². The predicted octanol–water partition coefficient (Wildman–Crippen LogP) is 3.96. The van der Waals surface area contributed by atoms with E-state index in [2.05, 4.69) is 21.0 Å². The summed E-state index contributed by atoms with van der Waals surface area (Å²) in [5, 5.41) is 14.3. The number of aliphatic hydroxyl groups is 1. The maximum Gasteiger partial charge on any atom is 0.438 e. The molecule has 1 aliphatic rings. The zero-order chi connectivity index (χ0) is 19.8. The number of rotatable bonds is 3. The second-order valence-corrected chi connectivity index (χ2v) is 6.81. The summed E-state index contributed by atoms with van der Waals surface area (Å²) in [5.41, 5.74) is -3.21. The van der Waals surface area contributed by atoms with Crippen LogP contribution in [-0.4, -0.2) is 40.7 Å². The quantitative estimate of drug-likeness (QED) is 0.782. The third-order valence-electron chi connectivity index (χ3n) is 4.13. The van der Waals surface area contributed by atoms with Gasteiger partial charge in [-0.05, 0) is 36.4 Å². The fourth-order valence-corrected chi connectivity index (χ4v) is 2.92. The van der Waals surface area contributed by atoms with Crippen molar-refractivity contribution >= 4 is 27.5 Å². The van der Waals surface area contributed by atoms with Gasteiger partial charge in [0.2, 0.25) is 0 Å². The number of hydrogen-bond donors (Lipinski definition) is 1. The molecule has 1 amide bonds. The number of carbonyl (C=O) groups excluding carboxylic acids is 1. The molecule has 0 saturated carbocycles. The van der Waals surface area contributed by atoms with Gasteiger partial charge in [-0.3, -0.25) is 4.79 Å². The Bertz CT molecular complexity index is 899. The van der Waals surface area contributed by atoms with Crippen LogP contribution in [0.3, 0.4) is 0 Å². The van der Waals surface area contributed by atoms with Crippen LogP contribution in [0.15, 0.2) is 58.1 Å². The number of alkyl halides is 3. The maximum absolute atomic E-state index is 13.6. The summed E-state index contributed by atoms with van der Waals surface area (Å²) < 4.78 is 46.6. The lowest BCUT2D eigenvalue weighted by atomic mass is 10.0. The largest absolute Gasteiger partial charge is 0.497 e. The van der Waals surface area contributed by atoms with Gasteiger partial charge in [-0.15, -0.1) is 0 Å². The first-order valence-electron chi connectivity index (χ1n) is 7.77. The third kappa shape index (κ3) is 3.57. The van der Waals surface area contributed by atoms with Crippen molar-refractivity contribution in [2.45, 2.75) is 18.3 Å². The molecule has 0 radical (unpaired) electrons. The van der Waals surface area contributed by atoms with Gasteiger partial charge < -0.3 is 9.84 Å². The van der Waals surface area contributed by atoms with Crippen LogP contribution in [-0.2, 0) is 0 Å². The van der Waals surface area contributed by atoms with Crippen LogP contribution >= 0.6 is 15.9 Å². The van der Waals surface area contributed by atoms with Gasteiger partial charge in [-0.1, -0.05) is 28.1 Å². The number of ether oxygens (including phenoxy) is 1. The van der Waals surface area contributed by atoms with Crippen LogP contribution in [0.2, 0.25) is 0 Å². The first kappa shape index (κ1) is 19.4. The van der Waals surface area contributed by atoms with Crippen LogP contribution in [0.25, 0.3) is 0 Å². The number of hydrazone groups is 1. The van der Waals surface area contributed by atoms with E-state index in [1.165, 1.54) is 43.5 Å². The van der Waals surface area contributed by atoms with E-state index in [1.807, 2.05) is 0 Å². The van der Waals surface area contributed by atoms with E-state index in [0.717, 1.165) is 0 Å². The van der Waals surface area contributed by atoms with Crippen molar-refractivity contribution in [3.05, 3.63) is 64.1 Å². The normalized spacial score (nSPS) is 19.8. The number of benzene rings is 2. The lowest BCUT2D eigenvalue weighted by molar-refractivity contribution is -0.297. The van der Waals surface area contributed by atoms with E-state index in [1.54, 1.807) is 12.1 Å². The van der Waals surface area contributed by atoms with E-state index >= 15 is 0 Å². The van der Waals surface area contributed by atoms with Crippen LogP contribution in [0.4, 0.5) is 13.2 Å². The number of methoxy groups -OCH3 is 1. The Labute approximate surface area is 161 Å². The summed E-state index contributed by atoms with van der Waals surface area (Å²) in [5.74, 6) is -0.636. The molecule has 1 heterocycles. The molecular weight excluding hydrogens is 429 g/mol. The van der Waals surface area contributed by atoms with Crippen LogP contribution in [0.5, 0.6) is 5.75 Å². The number of hydrogen-bond acceptors (Lipinski definition) is 4. The summed E-state index contributed by atoms with van der Waals surface area (Å²) in [6, 6.07) is 12.0. The summed E-state index contributed by atoms with van der Waals surface area (Å²) in [6.07, 6.45) is -5.98. The fraction of sp³-hybridized carbons (Fsp3) is 0.222. The highest BCUT2D eigenvalue weighted by Crippen LogP contribution is 2.42. The minimum Gasteiger partial charge on any atom is -0.497 e. The average molecular weight is 443 g/mol. The number of amides is 1. The first-order chi connectivity index (χ1) is 12.7. The Hall–Kier alpha value is -2.39. The van der Waals surface area contributed by atoms with E-state index in [4.69, 9.17) is 4.74 Å². The molecule has 1 aliphatic heterocycles. The fourth-order valence-electron chi connectivity index (χ4n) is 2.66. The third-order valence-corrected chi connectivity index (χ3v) is 4.65. The monoisotopic (exact) mass is 442 g/mol. The van der Waals surface area contributed by atoms with Crippen molar-refractivity contribution in [2.75, 3.05) is 7.11 Å².